The molecule has 8 heteroatoms. The van der Waals surface area contributed by atoms with Gasteiger partial charge in [-0.2, -0.15) is 0 Å². The van der Waals surface area contributed by atoms with Gasteiger partial charge in [-0.05, 0) is 18.9 Å². The van der Waals surface area contributed by atoms with Gasteiger partial charge in [-0.1, -0.05) is 6.07 Å². The van der Waals surface area contributed by atoms with Crippen LogP contribution in [-0.2, 0) is 21.4 Å². The SMILES string of the molecule is CN(C)c1ncccc1CNC(=O)[C@@H]1CCCN(S(C)(=O)=O)C1. The number of carbonyl (C=O) groups excluding carboxylic acids is 1. The number of hydrogen-bond acceptors (Lipinski definition) is 5. The third-order valence-corrected chi connectivity index (χ3v) is 5.24. The van der Waals surface area contributed by atoms with E-state index in [2.05, 4.69) is 10.3 Å². The highest BCUT2D eigenvalue weighted by molar-refractivity contribution is 7.88. The highest BCUT2D eigenvalue weighted by Crippen LogP contribution is 2.19. The van der Waals surface area contributed by atoms with E-state index in [4.69, 9.17) is 0 Å². The van der Waals surface area contributed by atoms with Crippen LogP contribution in [0.2, 0.25) is 0 Å². The molecular formula is C15H24N4O3S. The summed E-state index contributed by atoms with van der Waals surface area (Å²) in [5.74, 6) is 0.416. The number of aromatic nitrogens is 1. The van der Waals surface area contributed by atoms with E-state index in [1.54, 1.807) is 6.20 Å². The van der Waals surface area contributed by atoms with Crippen molar-refractivity contribution in [1.29, 1.82) is 0 Å². The lowest BCUT2D eigenvalue weighted by atomic mass is 9.99. The minimum Gasteiger partial charge on any atom is -0.362 e. The Morgan fingerprint density at radius 2 is 2.22 bits per heavy atom. The molecule has 0 aliphatic carbocycles. The van der Waals surface area contributed by atoms with Gasteiger partial charge >= 0.3 is 0 Å². The van der Waals surface area contributed by atoms with Gasteiger partial charge < -0.3 is 10.2 Å². The number of nitrogens with zero attached hydrogens (tertiary/aromatic N) is 3. The Morgan fingerprint density at radius 1 is 1.48 bits per heavy atom. The average molecular weight is 340 g/mol. The fraction of sp³-hybridized carbons (Fsp3) is 0.600. The molecule has 1 aliphatic rings. The highest BCUT2D eigenvalue weighted by atomic mass is 32.2. The van der Waals surface area contributed by atoms with Crippen molar-refractivity contribution in [3.05, 3.63) is 23.9 Å². The van der Waals surface area contributed by atoms with E-state index in [1.807, 2.05) is 31.1 Å². The Kier molecular flexibility index (Phi) is 5.59. The minimum atomic E-state index is -3.24. The molecule has 1 aliphatic heterocycles. The molecule has 0 aromatic carbocycles. The number of nitrogens with one attached hydrogen (secondary N) is 1. The summed E-state index contributed by atoms with van der Waals surface area (Å²) >= 11 is 0. The van der Waals surface area contributed by atoms with Crippen molar-refractivity contribution in [2.45, 2.75) is 19.4 Å². The van der Waals surface area contributed by atoms with Crippen LogP contribution in [0.15, 0.2) is 18.3 Å². The Bertz CT molecular complexity index is 660. The Morgan fingerprint density at radius 3 is 2.87 bits per heavy atom. The van der Waals surface area contributed by atoms with E-state index >= 15 is 0 Å². The van der Waals surface area contributed by atoms with Crippen molar-refractivity contribution >= 4 is 21.7 Å². The molecule has 1 N–H and O–H groups in total. The Balaban J connectivity index is 1.98. The lowest BCUT2D eigenvalue weighted by Crippen LogP contribution is -2.44. The first-order chi connectivity index (χ1) is 10.8. The van der Waals surface area contributed by atoms with Gasteiger partial charge in [0.15, 0.2) is 0 Å². The second-order valence-electron chi connectivity index (χ2n) is 6.06. The maximum atomic E-state index is 12.4. The fourth-order valence-electron chi connectivity index (χ4n) is 2.76. The number of carbonyl (C=O) groups is 1. The predicted octanol–water partition coefficient (Wildman–Crippen LogP) is 0.435. The molecule has 0 spiro atoms. The van der Waals surface area contributed by atoms with E-state index < -0.39 is 10.0 Å². The maximum Gasteiger partial charge on any atom is 0.224 e. The standard InChI is InChI=1S/C15H24N4O3S/c1-18(2)14-12(6-4-8-16-14)10-17-15(20)13-7-5-9-19(11-13)23(3,21)22/h4,6,8,13H,5,7,9-11H2,1-3H3,(H,17,20)/t13-/m1/s1. The topological polar surface area (TPSA) is 82.6 Å². The first-order valence-corrected chi connectivity index (χ1v) is 9.48. The van der Waals surface area contributed by atoms with Crippen molar-refractivity contribution in [2.24, 2.45) is 5.92 Å². The number of piperidine rings is 1. The molecule has 1 fully saturated rings. The van der Waals surface area contributed by atoms with Crippen LogP contribution in [0.25, 0.3) is 0 Å². The summed E-state index contributed by atoms with van der Waals surface area (Å²) in [5, 5.41) is 2.91. The first kappa shape index (κ1) is 17.7. The lowest BCUT2D eigenvalue weighted by Gasteiger charge is -2.30. The van der Waals surface area contributed by atoms with Crippen LogP contribution in [0.3, 0.4) is 0 Å². The van der Waals surface area contributed by atoms with Gasteiger partial charge in [0, 0.05) is 45.5 Å². The van der Waals surface area contributed by atoms with Crippen molar-refractivity contribution in [2.75, 3.05) is 38.3 Å². The summed E-state index contributed by atoms with van der Waals surface area (Å²) in [5.41, 5.74) is 0.932. The molecule has 0 bridgehead atoms. The van der Waals surface area contributed by atoms with Crippen LogP contribution < -0.4 is 10.2 Å². The van der Waals surface area contributed by atoms with Crippen molar-refractivity contribution in [3.63, 3.8) is 0 Å². The molecule has 1 aromatic rings. The van der Waals surface area contributed by atoms with Gasteiger partial charge in [0.2, 0.25) is 15.9 Å². The van der Waals surface area contributed by atoms with Gasteiger partial charge in [0.1, 0.15) is 5.82 Å². The van der Waals surface area contributed by atoms with E-state index in [0.717, 1.165) is 11.4 Å². The summed E-state index contributed by atoms with van der Waals surface area (Å²) in [4.78, 5) is 18.6. The Labute approximate surface area is 137 Å². The summed E-state index contributed by atoms with van der Waals surface area (Å²) in [6.45, 7) is 1.14. The smallest absolute Gasteiger partial charge is 0.224 e. The number of rotatable bonds is 5. The quantitative estimate of drug-likeness (QED) is 0.841. The fourth-order valence-corrected chi connectivity index (χ4v) is 3.67. The molecule has 23 heavy (non-hydrogen) atoms. The molecule has 0 radical (unpaired) electrons. The summed E-state index contributed by atoms with van der Waals surface area (Å²) in [6.07, 6.45) is 4.32. The largest absolute Gasteiger partial charge is 0.362 e. The number of sulfonamides is 1. The van der Waals surface area contributed by atoms with Gasteiger partial charge in [0.05, 0.1) is 12.2 Å². The minimum absolute atomic E-state index is 0.105. The zero-order chi connectivity index (χ0) is 17.0. The van der Waals surface area contributed by atoms with Gasteiger partial charge in [-0.3, -0.25) is 4.79 Å². The molecule has 0 unspecified atom stereocenters. The first-order valence-electron chi connectivity index (χ1n) is 7.63. The second-order valence-corrected chi connectivity index (χ2v) is 8.04. The summed E-state index contributed by atoms with van der Waals surface area (Å²) in [7, 11) is 0.562. The molecule has 7 nitrogen and oxygen atoms in total. The molecule has 2 heterocycles. The van der Waals surface area contributed by atoms with Gasteiger partial charge in [0.25, 0.3) is 0 Å². The molecule has 1 saturated heterocycles. The van der Waals surface area contributed by atoms with Crippen LogP contribution in [-0.4, -0.2) is 57.1 Å². The molecule has 2 rings (SSSR count). The molecule has 1 amide bonds. The monoisotopic (exact) mass is 340 g/mol. The molecule has 1 aromatic heterocycles. The zero-order valence-electron chi connectivity index (χ0n) is 13.8. The highest BCUT2D eigenvalue weighted by Gasteiger charge is 2.30. The Hall–Kier alpha value is -1.67. The van der Waals surface area contributed by atoms with E-state index in [-0.39, 0.29) is 18.4 Å². The van der Waals surface area contributed by atoms with E-state index in [9.17, 15) is 13.2 Å². The normalized spacial score (nSPS) is 19.3. The van der Waals surface area contributed by atoms with Crippen LogP contribution in [0.5, 0.6) is 0 Å². The molecule has 128 valence electrons. The predicted molar refractivity (Wildman–Crippen MR) is 89.6 cm³/mol. The van der Waals surface area contributed by atoms with Crippen molar-refractivity contribution in [1.82, 2.24) is 14.6 Å². The van der Waals surface area contributed by atoms with Crippen LogP contribution in [0.1, 0.15) is 18.4 Å². The van der Waals surface area contributed by atoms with E-state index in [0.29, 0.717) is 25.9 Å². The maximum absolute atomic E-state index is 12.4. The number of hydrogen-bond donors (Lipinski definition) is 1. The summed E-state index contributed by atoms with van der Waals surface area (Å²) in [6, 6.07) is 3.76. The zero-order valence-corrected chi connectivity index (χ0v) is 14.6. The molecule has 1 atom stereocenters. The van der Waals surface area contributed by atoms with Gasteiger partial charge in [-0.15, -0.1) is 0 Å². The van der Waals surface area contributed by atoms with Gasteiger partial charge in [-0.25, -0.2) is 17.7 Å². The lowest BCUT2D eigenvalue weighted by molar-refractivity contribution is -0.126. The molecule has 0 saturated carbocycles. The second kappa shape index (κ2) is 7.27. The third kappa shape index (κ3) is 4.65. The number of pyridine rings is 1. The van der Waals surface area contributed by atoms with Crippen LogP contribution in [0.4, 0.5) is 5.82 Å². The molecular weight excluding hydrogens is 316 g/mol. The third-order valence-electron chi connectivity index (χ3n) is 3.97. The van der Waals surface area contributed by atoms with Crippen molar-refractivity contribution < 1.29 is 13.2 Å². The van der Waals surface area contributed by atoms with Crippen LogP contribution >= 0.6 is 0 Å². The average Bonchev–Trinajstić information content (AvgIpc) is 2.52. The number of amides is 1. The van der Waals surface area contributed by atoms with Crippen LogP contribution in [0, 0.1) is 5.92 Å². The van der Waals surface area contributed by atoms with Crippen molar-refractivity contribution in [3.8, 4) is 0 Å². The summed E-state index contributed by atoms with van der Waals surface area (Å²) < 4.78 is 24.7. The number of anilines is 1. The van der Waals surface area contributed by atoms with E-state index in [1.165, 1.54) is 10.6 Å².